The SMILES string of the molecule is COc1ccc(S(=O)(=O)NC[C@@H](c2ccc3c(c2)OCO3)N(C)C)cc1Cl. The lowest BCUT2D eigenvalue weighted by Crippen LogP contribution is -2.34. The highest BCUT2D eigenvalue weighted by atomic mass is 35.5. The van der Waals surface area contributed by atoms with Gasteiger partial charge in [-0.3, -0.25) is 0 Å². The Labute approximate surface area is 163 Å². The van der Waals surface area contributed by atoms with Crippen LogP contribution >= 0.6 is 11.6 Å². The van der Waals surface area contributed by atoms with Gasteiger partial charge in [0.1, 0.15) is 5.75 Å². The van der Waals surface area contributed by atoms with Crippen molar-refractivity contribution in [2.45, 2.75) is 10.9 Å². The largest absolute Gasteiger partial charge is 0.495 e. The summed E-state index contributed by atoms with van der Waals surface area (Å²) in [6, 6.07) is 9.75. The van der Waals surface area contributed by atoms with Gasteiger partial charge in [-0.15, -0.1) is 0 Å². The average molecular weight is 413 g/mol. The summed E-state index contributed by atoms with van der Waals surface area (Å²) >= 11 is 6.05. The molecule has 2 aromatic carbocycles. The molecule has 0 saturated heterocycles. The summed E-state index contributed by atoms with van der Waals surface area (Å²) in [5.41, 5.74) is 0.916. The van der Waals surface area contributed by atoms with Gasteiger partial charge in [-0.05, 0) is 50.0 Å². The van der Waals surface area contributed by atoms with E-state index in [1.54, 1.807) is 0 Å². The Morgan fingerprint density at radius 1 is 1.19 bits per heavy atom. The number of likely N-dealkylation sites (N-methyl/N-ethyl adjacent to an activating group) is 1. The molecule has 1 aliphatic heterocycles. The minimum Gasteiger partial charge on any atom is -0.495 e. The van der Waals surface area contributed by atoms with Crippen molar-refractivity contribution in [1.82, 2.24) is 9.62 Å². The molecular formula is C18H21ClN2O5S. The highest BCUT2D eigenvalue weighted by Crippen LogP contribution is 2.35. The van der Waals surface area contributed by atoms with E-state index in [1.807, 2.05) is 37.2 Å². The van der Waals surface area contributed by atoms with Crippen LogP contribution in [0.25, 0.3) is 0 Å². The summed E-state index contributed by atoms with van der Waals surface area (Å²) in [6.45, 7) is 0.370. The second-order valence-electron chi connectivity index (χ2n) is 6.24. The zero-order valence-electron chi connectivity index (χ0n) is 15.2. The molecule has 0 unspecified atom stereocenters. The number of methoxy groups -OCH3 is 1. The van der Waals surface area contributed by atoms with E-state index >= 15 is 0 Å². The second kappa shape index (κ2) is 7.93. The van der Waals surface area contributed by atoms with Gasteiger partial charge in [-0.1, -0.05) is 17.7 Å². The quantitative estimate of drug-likeness (QED) is 0.753. The lowest BCUT2D eigenvalue weighted by Gasteiger charge is -2.25. The smallest absolute Gasteiger partial charge is 0.240 e. The van der Waals surface area contributed by atoms with Crippen LogP contribution in [0.5, 0.6) is 17.2 Å². The van der Waals surface area contributed by atoms with Gasteiger partial charge in [0.2, 0.25) is 16.8 Å². The Morgan fingerprint density at radius 3 is 2.59 bits per heavy atom. The highest BCUT2D eigenvalue weighted by molar-refractivity contribution is 7.89. The van der Waals surface area contributed by atoms with Gasteiger partial charge in [0, 0.05) is 12.6 Å². The minimum atomic E-state index is -3.73. The third-order valence-electron chi connectivity index (χ3n) is 4.31. The van der Waals surface area contributed by atoms with Crippen LogP contribution in [0.15, 0.2) is 41.3 Å². The van der Waals surface area contributed by atoms with Gasteiger partial charge >= 0.3 is 0 Å². The van der Waals surface area contributed by atoms with Gasteiger partial charge in [0.25, 0.3) is 0 Å². The number of fused-ring (bicyclic) bond motifs is 1. The zero-order valence-corrected chi connectivity index (χ0v) is 16.8. The van der Waals surface area contributed by atoms with Gasteiger partial charge in [0.05, 0.1) is 17.0 Å². The molecule has 0 fully saturated rings. The summed E-state index contributed by atoms with van der Waals surface area (Å²) in [5.74, 6) is 1.76. The molecule has 0 amide bonds. The molecule has 0 saturated carbocycles. The average Bonchev–Trinajstić information content (AvgIpc) is 3.09. The maximum absolute atomic E-state index is 12.7. The third-order valence-corrected chi connectivity index (χ3v) is 6.02. The van der Waals surface area contributed by atoms with Crippen molar-refractivity contribution in [1.29, 1.82) is 0 Å². The van der Waals surface area contributed by atoms with Crippen LogP contribution in [0.1, 0.15) is 11.6 Å². The highest BCUT2D eigenvalue weighted by Gasteiger charge is 2.23. The number of nitrogens with one attached hydrogen (secondary N) is 1. The Balaban J connectivity index is 1.78. The molecule has 1 aliphatic rings. The van der Waals surface area contributed by atoms with Crippen LogP contribution in [0, 0.1) is 0 Å². The monoisotopic (exact) mass is 412 g/mol. The first-order chi connectivity index (χ1) is 12.8. The number of benzene rings is 2. The predicted octanol–water partition coefficient (Wildman–Crippen LogP) is 2.66. The van der Waals surface area contributed by atoms with E-state index in [-0.39, 0.29) is 29.3 Å². The van der Waals surface area contributed by atoms with Gasteiger partial charge in [-0.25, -0.2) is 13.1 Å². The maximum Gasteiger partial charge on any atom is 0.240 e. The summed E-state index contributed by atoms with van der Waals surface area (Å²) in [7, 11) is 1.51. The maximum atomic E-state index is 12.7. The standard InChI is InChI=1S/C18H21ClN2O5S/c1-21(2)15(12-4-6-17-18(8-12)26-11-25-17)10-20-27(22,23)13-5-7-16(24-3)14(19)9-13/h4-9,15,20H,10-11H2,1-3H3/t15-/m0/s1. The Morgan fingerprint density at radius 2 is 1.93 bits per heavy atom. The molecule has 7 nitrogen and oxygen atoms in total. The van der Waals surface area contributed by atoms with E-state index in [1.165, 1.54) is 25.3 Å². The van der Waals surface area contributed by atoms with E-state index in [0.29, 0.717) is 17.2 Å². The summed E-state index contributed by atoms with van der Waals surface area (Å²) in [6.07, 6.45) is 0. The van der Waals surface area contributed by atoms with Crippen LogP contribution in [-0.2, 0) is 10.0 Å². The predicted molar refractivity (Wildman–Crippen MR) is 102 cm³/mol. The van der Waals surface area contributed by atoms with Crippen molar-refractivity contribution in [2.24, 2.45) is 0 Å². The van der Waals surface area contributed by atoms with Gasteiger partial charge < -0.3 is 19.1 Å². The lowest BCUT2D eigenvalue weighted by atomic mass is 10.1. The number of hydrogen-bond acceptors (Lipinski definition) is 6. The molecule has 0 spiro atoms. The third kappa shape index (κ3) is 4.30. The lowest BCUT2D eigenvalue weighted by molar-refractivity contribution is 0.174. The fourth-order valence-electron chi connectivity index (χ4n) is 2.81. The molecule has 27 heavy (non-hydrogen) atoms. The topological polar surface area (TPSA) is 77.1 Å². The molecule has 0 bridgehead atoms. The first-order valence-electron chi connectivity index (χ1n) is 8.21. The Bertz CT molecular complexity index is 933. The van der Waals surface area contributed by atoms with Crippen LogP contribution in [-0.4, -0.2) is 47.9 Å². The minimum absolute atomic E-state index is 0.0801. The number of ether oxygens (including phenoxy) is 3. The fourth-order valence-corrected chi connectivity index (χ4v) is 4.19. The van der Waals surface area contributed by atoms with Gasteiger partial charge in [0.15, 0.2) is 11.5 Å². The molecule has 146 valence electrons. The van der Waals surface area contributed by atoms with Crippen molar-refractivity contribution in [3.05, 3.63) is 47.0 Å². The molecule has 3 rings (SSSR count). The first-order valence-corrected chi connectivity index (χ1v) is 10.1. The molecular weight excluding hydrogens is 392 g/mol. The number of rotatable bonds is 7. The van der Waals surface area contributed by atoms with Crippen molar-refractivity contribution >= 4 is 21.6 Å². The first kappa shape index (κ1) is 19.8. The molecule has 1 atom stereocenters. The van der Waals surface area contributed by atoms with E-state index < -0.39 is 10.0 Å². The molecule has 1 N–H and O–H groups in total. The summed E-state index contributed by atoms with van der Waals surface area (Å²) in [4.78, 5) is 2.01. The van der Waals surface area contributed by atoms with Crippen LogP contribution in [0.2, 0.25) is 5.02 Å². The van der Waals surface area contributed by atoms with Gasteiger partial charge in [-0.2, -0.15) is 0 Å². The normalized spacial score (nSPS) is 14.4. The van der Waals surface area contributed by atoms with Crippen LogP contribution in [0.4, 0.5) is 0 Å². The molecule has 2 aromatic rings. The summed E-state index contributed by atoms with van der Waals surface area (Å²) in [5, 5.41) is 0.236. The van der Waals surface area contributed by atoms with Crippen LogP contribution < -0.4 is 18.9 Å². The molecule has 0 radical (unpaired) electrons. The fraction of sp³-hybridized carbons (Fsp3) is 0.333. The second-order valence-corrected chi connectivity index (χ2v) is 8.41. The molecule has 1 heterocycles. The van der Waals surface area contributed by atoms with E-state index in [4.69, 9.17) is 25.8 Å². The van der Waals surface area contributed by atoms with Crippen molar-refractivity contribution in [3.63, 3.8) is 0 Å². The van der Waals surface area contributed by atoms with E-state index in [0.717, 1.165) is 5.56 Å². The Kier molecular flexibility index (Phi) is 5.81. The molecule has 0 aliphatic carbocycles. The van der Waals surface area contributed by atoms with Crippen LogP contribution in [0.3, 0.4) is 0 Å². The van der Waals surface area contributed by atoms with E-state index in [9.17, 15) is 8.42 Å². The van der Waals surface area contributed by atoms with Crippen molar-refractivity contribution in [2.75, 3.05) is 34.5 Å². The zero-order chi connectivity index (χ0) is 19.6. The molecule has 9 heteroatoms. The number of hydrogen-bond donors (Lipinski definition) is 1. The summed E-state index contributed by atoms with van der Waals surface area (Å²) < 4.78 is 43.8. The Hall–Kier alpha value is -2.00. The number of sulfonamides is 1. The van der Waals surface area contributed by atoms with Crippen molar-refractivity contribution < 1.29 is 22.6 Å². The molecule has 0 aromatic heterocycles. The van der Waals surface area contributed by atoms with Crippen molar-refractivity contribution in [3.8, 4) is 17.2 Å². The van der Waals surface area contributed by atoms with E-state index in [2.05, 4.69) is 4.72 Å². The number of halogens is 1. The number of nitrogens with zero attached hydrogens (tertiary/aromatic N) is 1.